The van der Waals surface area contributed by atoms with Gasteiger partial charge in [0.1, 0.15) is 7.11 Å². The van der Waals surface area contributed by atoms with E-state index in [-0.39, 0.29) is 0 Å². The standard InChI is InChI=1S/C11H15NO3/c1-4-15-10-6-5-9(8-12-14-3)7-11(10)13-2/h5-8H,4H2,1-3H3/b12-8-. The van der Waals surface area contributed by atoms with Crippen molar-refractivity contribution in [1.82, 2.24) is 0 Å². The molecular weight excluding hydrogens is 194 g/mol. The Balaban J connectivity index is 2.91. The molecule has 0 atom stereocenters. The predicted molar refractivity (Wildman–Crippen MR) is 58.8 cm³/mol. The number of benzene rings is 1. The molecule has 0 fully saturated rings. The molecule has 0 amide bonds. The Morgan fingerprint density at radius 1 is 1.27 bits per heavy atom. The van der Waals surface area contributed by atoms with E-state index in [2.05, 4.69) is 9.99 Å². The molecule has 0 bridgehead atoms. The fourth-order valence-corrected chi connectivity index (χ4v) is 1.15. The van der Waals surface area contributed by atoms with Gasteiger partial charge in [-0.3, -0.25) is 0 Å². The lowest BCUT2D eigenvalue weighted by Gasteiger charge is -2.09. The third kappa shape index (κ3) is 3.16. The molecule has 0 aliphatic heterocycles. The first-order chi connectivity index (χ1) is 7.31. The Labute approximate surface area is 89.4 Å². The molecule has 0 aliphatic rings. The van der Waals surface area contributed by atoms with Gasteiger partial charge in [0.2, 0.25) is 0 Å². The van der Waals surface area contributed by atoms with Gasteiger partial charge in [-0.25, -0.2) is 0 Å². The number of ether oxygens (including phenoxy) is 2. The van der Waals surface area contributed by atoms with Crippen LogP contribution in [-0.2, 0) is 4.84 Å². The summed E-state index contributed by atoms with van der Waals surface area (Å²) in [7, 11) is 3.11. The number of hydrogen-bond acceptors (Lipinski definition) is 4. The Hall–Kier alpha value is -1.71. The molecule has 0 N–H and O–H groups in total. The molecule has 1 rings (SSSR count). The quantitative estimate of drug-likeness (QED) is 0.550. The smallest absolute Gasteiger partial charge is 0.161 e. The molecule has 0 spiro atoms. The largest absolute Gasteiger partial charge is 0.493 e. The second-order valence-corrected chi connectivity index (χ2v) is 2.76. The van der Waals surface area contributed by atoms with Crippen LogP contribution in [0.15, 0.2) is 23.4 Å². The van der Waals surface area contributed by atoms with Crippen molar-refractivity contribution in [1.29, 1.82) is 0 Å². The third-order valence-corrected chi connectivity index (χ3v) is 1.79. The van der Waals surface area contributed by atoms with Crippen molar-refractivity contribution in [2.45, 2.75) is 6.92 Å². The minimum atomic E-state index is 0.613. The zero-order valence-electron chi connectivity index (χ0n) is 9.19. The van der Waals surface area contributed by atoms with Crippen LogP contribution in [0.3, 0.4) is 0 Å². The molecule has 0 aromatic heterocycles. The van der Waals surface area contributed by atoms with Crippen LogP contribution in [0.4, 0.5) is 0 Å². The van der Waals surface area contributed by atoms with Crippen molar-refractivity contribution >= 4 is 6.21 Å². The van der Waals surface area contributed by atoms with Crippen molar-refractivity contribution in [3.8, 4) is 11.5 Å². The highest BCUT2D eigenvalue weighted by atomic mass is 16.6. The van der Waals surface area contributed by atoms with E-state index in [4.69, 9.17) is 9.47 Å². The topological polar surface area (TPSA) is 40.0 Å². The highest BCUT2D eigenvalue weighted by Crippen LogP contribution is 2.27. The maximum atomic E-state index is 5.39. The van der Waals surface area contributed by atoms with Crippen molar-refractivity contribution in [3.63, 3.8) is 0 Å². The van der Waals surface area contributed by atoms with E-state index in [1.165, 1.54) is 7.11 Å². The molecule has 15 heavy (non-hydrogen) atoms. The fourth-order valence-electron chi connectivity index (χ4n) is 1.15. The molecule has 0 heterocycles. The van der Waals surface area contributed by atoms with Gasteiger partial charge in [-0.05, 0) is 25.1 Å². The first-order valence-corrected chi connectivity index (χ1v) is 4.69. The van der Waals surface area contributed by atoms with Gasteiger partial charge in [0, 0.05) is 5.56 Å². The summed E-state index contributed by atoms with van der Waals surface area (Å²) in [5.41, 5.74) is 0.900. The normalized spacial score (nSPS) is 10.3. The number of nitrogens with zero attached hydrogens (tertiary/aromatic N) is 1. The highest BCUT2D eigenvalue weighted by molar-refractivity contribution is 5.80. The van der Waals surface area contributed by atoms with Gasteiger partial charge in [0.15, 0.2) is 11.5 Å². The molecule has 0 radical (unpaired) electrons. The van der Waals surface area contributed by atoms with E-state index < -0.39 is 0 Å². The van der Waals surface area contributed by atoms with E-state index in [0.717, 1.165) is 11.3 Å². The lowest BCUT2D eigenvalue weighted by atomic mass is 10.2. The molecular formula is C11H15NO3. The summed E-state index contributed by atoms with van der Waals surface area (Å²) in [6, 6.07) is 5.57. The van der Waals surface area contributed by atoms with Gasteiger partial charge < -0.3 is 14.3 Å². The minimum Gasteiger partial charge on any atom is -0.493 e. The molecule has 0 saturated carbocycles. The third-order valence-electron chi connectivity index (χ3n) is 1.79. The summed E-state index contributed by atoms with van der Waals surface area (Å²) < 4.78 is 10.6. The summed E-state index contributed by atoms with van der Waals surface area (Å²) in [6.45, 7) is 2.54. The Kier molecular flexibility index (Phi) is 4.47. The van der Waals surface area contributed by atoms with Gasteiger partial charge in [-0.2, -0.15) is 0 Å². The number of rotatable bonds is 5. The minimum absolute atomic E-state index is 0.613. The van der Waals surface area contributed by atoms with Crippen LogP contribution in [0.2, 0.25) is 0 Å². The number of methoxy groups -OCH3 is 1. The average Bonchev–Trinajstić information content (AvgIpc) is 2.28. The van der Waals surface area contributed by atoms with Crippen LogP contribution in [0, 0.1) is 0 Å². The summed E-state index contributed by atoms with van der Waals surface area (Å²) in [5, 5.41) is 3.67. The van der Waals surface area contributed by atoms with Crippen LogP contribution in [0.5, 0.6) is 11.5 Å². The number of hydrogen-bond donors (Lipinski definition) is 0. The monoisotopic (exact) mass is 209 g/mol. The SMILES string of the molecule is CCOc1ccc(/C=N\OC)cc1OC. The maximum absolute atomic E-state index is 5.39. The number of oxime groups is 1. The maximum Gasteiger partial charge on any atom is 0.161 e. The van der Waals surface area contributed by atoms with Gasteiger partial charge in [0.25, 0.3) is 0 Å². The first kappa shape index (κ1) is 11.4. The van der Waals surface area contributed by atoms with Crippen LogP contribution in [0.25, 0.3) is 0 Å². The first-order valence-electron chi connectivity index (χ1n) is 4.69. The van der Waals surface area contributed by atoms with Gasteiger partial charge >= 0.3 is 0 Å². The van der Waals surface area contributed by atoms with Gasteiger partial charge in [-0.15, -0.1) is 0 Å². The van der Waals surface area contributed by atoms with E-state index in [9.17, 15) is 0 Å². The van der Waals surface area contributed by atoms with Gasteiger partial charge in [-0.1, -0.05) is 5.16 Å². The molecule has 4 nitrogen and oxygen atoms in total. The van der Waals surface area contributed by atoms with Crippen molar-refractivity contribution in [2.75, 3.05) is 20.8 Å². The lowest BCUT2D eigenvalue weighted by Crippen LogP contribution is -1.96. The second kappa shape index (κ2) is 5.90. The van der Waals surface area contributed by atoms with Gasteiger partial charge in [0.05, 0.1) is 19.9 Å². The Morgan fingerprint density at radius 3 is 2.67 bits per heavy atom. The molecule has 0 unspecified atom stereocenters. The summed E-state index contributed by atoms with van der Waals surface area (Å²) in [5.74, 6) is 1.42. The van der Waals surface area contributed by atoms with E-state index in [1.54, 1.807) is 13.3 Å². The Morgan fingerprint density at radius 2 is 2.07 bits per heavy atom. The van der Waals surface area contributed by atoms with Crippen LogP contribution in [-0.4, -0.2) is 27.0 Å². The van der Waals surface area contributed by atoms with E-state index in [0.29, 0.717) is 12.4 Å². The summed E-state index contributed by atoms with van der Waals surface area (Å²) in [6.07, 6.45) is 1.61. The predicted octanol–water partition coefficient (Wildman–Crippen LogP) is 2.07. The highest BCUT2D eigenvalue weighted by Gasteiger charge is 2.03. The zero-order valence-corrected chi connectivity index (χ0v) is 9.19. The van der Waals surface area contributed by atoms with Crippen LogP contribution in [0.1, 0.15) is 12.5 Å². The lowest BCUT2D eigenvalue weighted by molar-refractivity contribution is 0.215. The molecule has 1 aromatic carbocycles. The average molecular weight is 209 g/mol. The summed E-state index contributed by atoms with van der Waals surface area (Å²) >= 11 is 0. The molecule has 1 aromatic rings. The zero-order chi connectivity index (χ0) is 11.1. The van der Waals surface area contributed by atoms with Crippen molar-refractivity contribution < 1.29 is 14.3 Å². The Bertz CT molecular complexity index is 337. The van der Waals surface area contributed by atoms with E-state index >= 15 is 0 Å². The summed E-state index contributed by atoms with van der Waals surface area (Å²) in [4.78, 5) is 4.59. The second-order valence-electron chi connectivity index (χ2n) is 2.76. The van der Waals surface area contributed by atoms with Crippen molar-refractivity contribution in [3.05, 3.63) is 23.8 Å². The fraction of sp³-hybridized carbons (Fsp3) is 0.364. The van der Waals surface area contributed by atoms with E-state index in [1.807, 2.05) is 25.1 Å². The molecule has 0 saturated heterocycles. The molecule has 0 aliphatic carbocycles. The molecule has 82 valence electrons. The molecule has 4 heteroatoms. The van der Waals surface area contributed by atoms with Crippen LogP contribution < -0.4 is 9.47 Å². The van der Waals surface area contributed by atoms with Crippen LogP contribution >= 0.6 is 0 Å². The van der Waals surface area contributed by atoms with Crippen molar-refractivity contribution in [2.24, 2.45) is 5.16 Å².